The molecule has 1 aromatic rings. The number of hydrogen-bond donors (Lipinski definition) is 1. The number of nitrogens with one attached hydrogen (secondary N) is 1. The van der Waals surface area contributed by atoms with Crippen LogP contribution in [0.15, 0.2) is 17.7 Å². The zero-order valence-electron chi connectivity index (χ0n) is 8.46. The quantitative estimate of drug-likeness (QED) is 0.829. The molecule has 0 fully saturated rings. The molecule has 1 N–H and O–H groups in total. The first-order chi connectivity index (χ1) is 6.63. The molecule has 0 aliphatic carbocycles. The molecular weight excluding hydrogens is 196 g/mol. The Balaban J connectivity index is 2.66. The molecule has 0 unspecified atom stereocenters. The van der Waals surface area contributed by atoms with E-state index in [0.717, 1.165) is 17.8 Å². The SMILES string of the molecule is C=C(C)NC(=O)c1csc(CCC)n1. The van der Waals surface area contributed by atoms with Crippen molar-refractivity contribution in [3.8, 4) is 0 Å². The van der Waals surface area contributed by atoms with Crippen LogP contribution >= 0.6 is 11.3 Å². The van der Waals surface area contributed by atoms with Gasteiger partial charge in [-0.25, -0.2) is 4.98 Å². The van der Waals surface area contributed by atoms with Crippen molar-refractivity contribution in [1.82, 2.24) is 10.3 Å². The third kappa shape index (κ3) is 2.96. The van der Waals surface area contributed by atoms with Crippen LogP contribution in [-0.2, 0) is 6.42 Å². The first kappa shape index (κ1) is 10.9. The minimum Gasteiger partial charge on any atom is -0.325 e. The average molecular weight is 210 g/mol. The summed E-state index contributed by atoms with van der Waals surface area (Å²) in [6, 6.07) is 0. The molecule has 0 saturated heterocycles. The summed E-state index contributed by atoms with van der Waals surface area (Å²) in [5.74, 6) is -0.170. The Morgan fingerprint density at radius 2 is 2.43 bits per heavy atom. The second-order valence-electron chi connectivity index (χ2n) is 3.11. The molecule has 0 atom stereocenters. The number of allylic oxidation sites excluding steroid dienone is 1. The first-order valence-electron chi connectivity index (χ1n) is 4.54. The highest BCUT2D eigenvalue weighted by Crippen LogP contribution is 2.11. The summed E-state index contributed by atoms with van der Waals surface area (Å²) in [5, 5.41) is 5.42. The van der Waals surface area contributed by atoms with E-state index < -0.39 is 0 Å². The molecule has 0 aliphatic rings. The Hall–Kier alpha value is -1.16. The van der Waals surface area contributed by atoms with Gasteiger partial charge in [-0.15, -0.1) is 11.3 Å². The number of amides is 1. The summed E-state index contributed by atoms with van der Waals surface area (Å²) in [7, 11) is 0. The van der Waals surface area contributed by atoms with Gasteiger partial charge < -0.3 is 5.32 Å². The third-order valence-corrected chi connectivity index (χ3v) is 2.48. The lowest BCUT2D eigenvalue weighted by Crippen LogP contribution is -2.20. The molecule has 76 valence electrons. The zero-order chi connectivity index (χ0) is 10.6. The van der Waals surface area contributed by atoms with Crippen LogP contribution in [0.25, 0.3) is 0 Å². The Kier molecular flexibility index (Phi) is 3.83. The molecule has 1 amide bonds. The number of hydrogen-bond acceptors (Lipinski definition) is 3. The number of carbonyl (C=O) groups excluding carboxylic acids is 1. The lowest BCUT2D eigenvalue weighted by molar-refractivity contribution is 0.0962. The van der Waals surface area contributed by atoms with E-state index >= 15 is 0 Å². The molecule has 1 heterocycles. The van der Waals surface area contributed by atoms with Gasteiger partial charge in [0.25, 0.3) is 5.91 Å². The van der Waals surface area contributed by atoms with E-state index in [2.05, 4.69) is 23.8 Å². The summed E-state index contributed by atoms with van der Waals surface area (Å²) in [6.07, 6.45) is 1.99. The van der Waals surface area contributed by atoms with Gasteiger partial charge in [-0.05, 0) is 19.8 Å². The lowest BCUT2D eigenvalue weighted by atomic mass is 10.3. The van der Waals surface area contributed by atoms with Crippen LogP contribution in [0.5, 0.6) is 0 Å². The highest BCUT2D eigenvalue weighted by molar-refractivity contribution is 7.09. The Labute approximate surface area is 87.9 Å². The fourth-order valence-electron chi connectivity index (χ4n) is 1.00. The van der Waals surface area contributed by atoms with Crippen LogP contribution in [0.3, 0.4) is 0 Å². The Morgan fingerprint density at radius 3 is 3.00 bits per heavy atom. The fourth-order valence-corrected chi connectivity index (χ4v) is 1.88. The van der Waals surface area contributed by atoms with Crippen molar-refractivity contribution < 1.29 is 4.79 Å². The van der Waals surface area contributed by atoms with Crippen molar-refractivity contribution in [3.63, 3.8) is 0 Å². The number of aryl methyl sites for hydroxylation is 1. The Morgan fingerprint density at radius 1 is 1.71 bits per heavy atom. The summed E-state index contributed by atoms with van der Waals surface area (Å²) in [4.78, 5) is 15.7. The predicted octanol–water partition coefficient (Wildman–Crippen LogP) is 2.36. The van der Waals surface area contributed by atoms with Crippen molar-refractivity contribution >= 4 is 17.2 Å². The number of thiazole rings is 1. The fraction of sp³-hybridized carbons (Fsp3) is 0.400. The van der Waals surface area contributed by atoms with E-state index in [1.165, 1.54) is 11.3 Å². The van der Waals surface area contributed by atoms with Crippen LogP contribution in [0, 0.1) is 0 Å². The van der Waals surface area contributed by atoms with Gasteiger partial charge >= 0.3 is 0 Å². The van der Waals surface area contributed by atoms with E-state index in [9.17, 15) is 4.79 Å². The molecule has 0 saturated carbocycles. The van der Waals surface area contributed by atoms with Gasteiger partial charge in [-0.1, -0.05) is 13.5 Å². The maximum Gasteiger partial charge on any atom is 0.274 e. The first-order valence-corrected chi connectivity index (χ1v) is 5.42. The summed E-state index contributed by atoms with van der Waals surface area (Å²) >= 11 is 1.53. The summed E-state index contributed by atoms with van der Waals surface area (Å²) in [6.45, 7) is 7.45. The van der Waals surface area contributed by atoms with Crippen molar-refractivity contribution in [1.29, 1.82) is 0 Å². The van der Waals surface area contributed by atoms with Gasteiger partial charge in [0, 0.05) is 11.1 Å². The minimum absolute atomic E-state index is 0.170. The maximum absolute atomic E-state index is 11.4. The third-order valence-electron chi connectivity index (χ3n) is 1.58. The number of aromatic nitrogens is 1. The molecule has 1 aromatic heterocycles. The standard InChI is InChI=1S/C10H14N2OS/c1-4-5-9-12-8(6-14-9)10(13)11-7(2)3/h6H,2,4-5H2,1,3H3,(H,11,13). The van der Waals surface area contributed by atoms with Crippen LogP contribution < -0.4 is 5.32 Å². The molecule has 0 aliphatic heterocycles. The number of carbonyl (C=O) groups is 1. The van der Waals surface area contributed by atoms with Gasteiger partial charge in [0.1, 0.15) is 5.69 Å². The second kappa shape index (κ2) is 4.91. The maximum atomic E-state index is 11.4. The van der Waals surface area contributed by atoms with E-state index in [1.807, 2.05) is 0 Å². The summed E-state index contributed by atoms with van der Waals surface area (Å²) in [5.41, 5.74) is 1.13. The van der Waals surface area contributed by atoms with Crippen LogP contribution in [0.4, 0.5) is 0 Å². The van der Waals surface area contributed by atoms with Gasteiger partial charge in [0.15, 0.2) is 0 Å². The smallest absolute Gasteiger partial charge is 0.274 e. The topological polar surface area (TPSA) is 42.0 Å². The average Bonchev–Trinajstić information content (AvgIpc) is 2.52. The molecule has 4 heteroatoms. The monoisotopic (exact) mass is 210 g/mol. The van der Waals surface area contributed by atoms with E-state index in [-0.39, 0.29) is 5.91 Å². The molecule has 3 nitrogen and oxygen atoms in total. The van der Waals surface area contributed by atoms with Crippen molar-refractivity contribution in [2.75, 3.05) is 0 Å². The highest BCUT2D eigenvalue weighted by atomic mass is 32.1. The predicted molar refractivity (Wildman–Crippen MR) is 58.4 cm³/mol. The van der Waals surface area contributed by atoms with Gasteiger partial charge in [0.2, 0.25) is 0 Å². The molecule has 0 radical (unpaired) electrons. The molecule has 0 aromatic carbocycles. The number of rotatable bonds is 4. The second-order valence-corrected chi connectivity index (χ2v) is 4.05. The van der Waals surface area contributed by atoms with E-state index in [0.29, 0.717) is 11.4 Å². The minimum atomic E-state index is -0.170. The van der Waals surface area contributed by atoms with Crippen LogP contribution in [0.2, 0.25) is 0 Å². The van der Waals surface area contributed by atoms with Crippen LogP contribution in [-0.4, -0.2) is 10.9 Å². The summed E-state index contributed by atoms with van der Waals surface area (Å²) < 4.78 is 0. The van der Waals surface area contributed by atoms with Gasteiger partial charge in [-0.3, -0.25) is 4.79 Å². The lowest BCUT2D eigenvalue weighted by Gasteiger charge is -1.99. The van der Waals surface area contributed by atoms with Gasteiger partial charge in [-0.2, -0.15) is 0 Å². The van der Waals surface area contributed by atoms with Crippen LogP contribution in [0.1, 0.15) is 35.8 Å². The zero-order valence-corrected chi connectivity index (χ0v) is 9.28. The molecule has 0 bridgehead atoms. The molecule has 1 rings (SSSR count). The van der Waals surface area contributed by atoms with Crippen molar-refractivity contribution in [2.24, 2.45) is 0 Å². The van der Waals surface area contributed by atoms with E-state index in [4.69, 9.17) is 0 Å². The van der Waals surface area contributed by atoms with Crippen molar-refractivity contribution in [2.45, 2.75) is 26.7 Å². The van der Waals surface area contributed by atoms with Crippen molar-refractivity contribution in [3.05, 3.63) is 28.4 Å². The van der Waals surface area contributed by atoms with E-state index in [1.54, 1.807) is 12.3 Å². The molecule has 14 heavy (non-hydrogen) atoms. The number of nitrogens with zero attached hydrogens (tertiary/aromatic N) is 1. The molecular formula is C10H14N2OS. The molecule has 0 spiro atoms. The highest BCUT2D eigenvalue weighted by Gasteiger charge is 2.09. The largest absolute Gasteiger partial charge is 0.325 e. The Bertz CT molecular complexity index is 344. The normalized spacial score (nSPS) is 9.86. The van der Waals surface area contributed by atoms with Gasteiger partial charge in [0.05, 0.1) is 5.01 Å².